The van der Waals surface area contributed by atoms with Crippen LogP contribution in [0.1, 0.15) is 16.1 Å². The molecule has 0 saturated heterocycles. The van der Waals surface area contributed by atoms with Crippen LogP contribution in [0.15, 0.2) is 78.2 Å². The van der Waals surface area contributed by atoms with Gasteiger partial charge in [0.2, 0.25) is 0 Å². The van der Waals surface area contributed by atoms with E-state index in [2.05, 4.69) is 11.1 Å². The van der Waals surface area contributed by atoms with Crippen molar-refractivity contribution in [1.82, 2.24) is 4.98 Å². The average Bonchev–Trinajstić information content (AvgIpc) is 3.37. The molecule has 164 valence electrons. The summed E-state index contributed by atoms with van der Waals surface area (Å²) in [4.78, 5) is 4.66. The van der Waals surface area contributed by atoms with Crippen LogP contribution in [0.25, 0.3) is 22.9 Å². The molecule has 1 aromatic heterocycles. The van der Waals surface area contributed by atoms with Crippen LogP contribution < -0.4 is 14.2 Å². The van der Waals surface area contributed by atoms with Gasteiger partial charge in [-0.05, 0) is 41.5 Å². The molecule has 0 N–H and O–H groups in total. The van der Waals surface area contributed by atoms with Gasteiger partial charge in [0.1, 0.15) is 23.4 Å². The monoisotopic (exact) mass is 454 g/mol. The van der Waals surface area contributed by atoms with E-state index in [1.807, 2.05) is 78.2 Å². The highest BCUT2D eigenvalue weighted by Crippen LogP contribution is 2.32. The number of rotatable bonds is 8. The zero-order valence-corrected chi connectivity index (χ0v) is 19.1. The summed E-state index contributed by atoms with van der Waals surface area (Å²) in [6.45, 7) is 0.446. The molecule has 0 spiro atoms. The Morgan fingerprint density at radius 2 is 1.82 bits per heavy atom. The number of benzene rings is 3. The van der Waals surface area contributed by atoms with Gasteiger partial charge >= 0.3 is 0 Å². The molecule has 6 heteroatoms. The van der Waals surface area contributed by atoms with Gasteiger partial charge in [-0.2, -0.15) is 5.26 Å². The second-order valence-electron chi connectivity index (χ2n) is 7.12. The SMILES string of the molecule is COc1cccc(-c2csc(/C(C#N)=C\c3ccc(OCc4ccccc4)c(OC)c3)n2)c1. The average molecular weight is 455 g/mol. The maximum absolute atomic E-state index is 9.77. The van der Waals surface area contributed by atoms with E-state index in [-0.39, 0.29) is 0 Å². The van der Waals surface area contributed by atoms with Gasteiger partial charge in [-0.3, -0.25) is 0 Å². The Morgan fingerprint density at radius 3 is 2.58 bits per heavy atom. The lowest BCUT2D eigenvalue weighted by Gasteiger charge is -2.11. The number of methoxy groups -OCH3 is 2. The van der Waals surface area contributed by atoms with E-state index < -0.39 is 0 Å². The van der Waals surface area contributed by atoms with Crippen molar-refractivity contribution in [2.45, 2.75) is 6.61 Å². The van der Waals surface area contributed by atoms with Crippen molar-refractivity contribution < 1.29 is 14.2 Å². The van der Waals surface area contributed by atoms with Crippen LogP contribution in [0, 0.1) is 11.3 Å². The van der Waals surface area contributed by atoms with Crippen LogP contribution in [0.4, 0.5) is 0 Å². The van der Waals surface area contributed by atoms with Gasteiger partial charge in [0.05, 0.1) is 25.5 Å². The Labute approximate surface area is 197 Å². The number of nitrogens with zero attached hydrogens (tertiary/aromatic N) is 2. The quantitative estimate of drug-likeness (QED) is 0.286. The summed E-state index contributed by atoms with van der Waals surface area (Å²) >= 11 is 1.43. The van der Waals surface area contributed by atoms with Gasteiger partial charge in [-0.15, -0.1) is 11.3 Å². The summed E-state index contributed by atoms with van der Waals surface area (Å²) < 4.78 is 16.7. The molecule has 0 fully saturated rings. The summed E-state index contributed by atoms with van der Waals surface area (Å²) in [5.74, 6) is 2.01. The van der Waals surface area contributed by atoms with Crippen molar-refractivity contribution in [2.24, 2.45) is 0 Å². The van der Waals surface area contributed by atoms with E-state index in [9.17, 15) is 5.26 Å². The molecule has 0 aliphatic carbocycles. The van der Waals surface area contributed by atoms with Crippen molar-refractivity contribution in [1.29, 1.82) is 5.26 Å². The normalized spacial score (nSPS) is 11.0. The smallest absolute Gasteiger partial charge is 0.161 e. The molecule has 4 rings (SSSR count). The largest absolute Gasteiger partial charge is 0.497 e. The number of ether oxygens (including phenoxy) is 3. The molecule has 0 atom stereocenters. The van der Waals surface area contributed by atoms with Crippen LogP contribution in [-0.4, -0.2) is 19.2 Å². The lowest BCUT2D eigenvalue weighted by atomic mass is 10.1. The third kappa shape index (κ3) is 5.40. The number of allylic oxidation sites excluding steroid dienone is 1. The Kier molecular flexibility index (Phi) is 7.03. The van der Waals surface area contributed by atoms with Gasteiger partial charge in [0, 0.05) is 10.9 Å². The zero-order valence-electron chi connectivity index (χ0n) is 18.3. The lowest BCUT2D eigenvalue weighted by molar-refractivity contribution is 0.284. The highest BCUT2D eigenvalue weighted by atomic mass is 32.1. The van der Waals surface area contributed by atoms with E-state index in [1.54, 1.807) is 20.3 Å². The van der Waals surface area contributed by atoms with E-state index in [0.717, 1.165) is 28.1 Å². The minimum atomic E-state index is 0.446. The summed E-state index contributed by atoms with van der Waals surface area (Å²) in [5.41, 5.74) is 4.13. The standard InChI is InChI=1S/C27H22N2O3S/c1-30-23-10-6-9-21(15-23)24-18-33-27(29-24)22(16-28)13-20-11-12-25(26(14-20)31-2)32-17-19-7-4-3-5-8-19/h3-15,18H,17H2,1-2H3/b22-13-. The first-order valence-electron chi connectivity index (χ1n) is 10.3. The number of hydrogen-bond acceptors (Lipinski definition) is 6. The maximum Gasteiger partial charge on any atom is 0.161 e. The van der Waals surface area contributed by atoms with Crippen LogP contribution >= 0.6 is 11.3 Å². The molecule has 0 saturated carbocycles. The first-order chi connectivity index (χ1) is 16.2. The summed E-state index contributed by atoms with van der Waals surface area (Å²) in [5, 5.41) is 12.4. The number of hydrogen-bond donors (Lipinski definition) is 0. The van der Waals surface area contributed by atoms with E-state index in [0.29, 0.717) is 28.7 Å². The van der Waals surface area contributed by atoms with Gasteiger partial charge in [0.15, 0.2) is 11.5 Å². The molecule has 0 bridgehead atoms. The summed E-state index contributed by atoms with van der Waals surface area (Å²) in [7, 11) is 3.24. The second kappa shape index (κ2) is 10.5. The fourth-order valence-corrected chi connectivity index (χ4v) is 4.04. The van der Waals surface area contributed by atoms with Crippen molar-refractivity contribution in [3.05, 3.63) is 94.3 Å². The number of thiazole rings is 1. The van der Waals surface area contributed by atoms with Crippen molar-refractivity contribution >= 4 is 23.0 Å². The van der Waals surface area contributed by atoms with Gasteiger partial charge in [-0.1, -0.05) is 48.5 Å². The van der Waals surface area contributed by atoms with Crippen LogP contribution in [-0.2, 0) is 6.61 Å². The highest BCUT2D eigenvalue weighted by molar-refractivity contribution is 7.11. The summed E-state index contributed by atoms with van der Waals surface area (Å²) in [6, 6.07) is 25.5. The minimum Gasteiger partial charge on any atom is -0.497 e. The van der Waals surface area contributed by atoms with E-state index in [1.165, 1.54) is 11.3 Å². The molecule has 4 aromatic rings. The molecule has 0 radical (unpaired) electrons. The van der Waals surface area contributed by atoms with Gasteiger partial charge in [0.25, 0.3) is 0 Å². The zero-order chi connectivity index (χ0) is 23.0. The molecule has 0 aliphatic heterocycles. The lowest BCUT2D eigenvalue weighted by Crippen LogP contribution is -1.97. The van der Waals surface area contributed by atoms with E-state index >= 15 is 0 Å². The minimum absolute atomic E-state index is 0.446. The molecule has 33 heavy (non-hydrogen) atoms. The Morgan fingerprint density at radius 1 is 0.970 bits per heavy atom. The molecule has 0 aliphatic rings. The third-order valence-corrected chi connectivity index (χ3v) is 5.83. The molecule has 0 unspecified atom stereocenters. The van der Waals surface area contributed by atoms with Crippen LogP contribution in [0.2, 0.25) is 0 Å². The number of nitriles is 1. The summed E-state index contributed by atoms with van der Waals surface area (Å²) in [6.07, 6.45) is 1.80. The Bertz CT molecular complexity index is 1310. The fraction of sp³-hybridized carbons (Fsp3) is 0.111. The second-order valence-corrected chi connectivity index (χ2v) is 7.98. The first kappa shape index (κ1) is 22.1. The first-order valence-corrected chi connectivity index (χ1v) is 11.1. The van der Waals surface area contributed by atoms with Gasteiger partial charge < -0.3 is 14.2 Å². The predicted molar refractivity (Wildman–Crippen MR) is 131 cm³/mol. The predicted octanol–water partition coefficient (Wildman–Crippen LogP) is 6.47. The topological polar surface area (TPSA) is 64.4 Å². The molecular weight excluding hydrogens is 432 g/mol. The van der Waals surface area contributed by atoms with Crippen molar-refractivity contribution in [3.63, 3.8) is 0 Å². The molecule has 1 heterocycles. The fourth-order valence-electron chi connectivity index (χ4n) is 3.25. The third-order valence-electron chi connectivity index (χ3n) is 4.96. The van der Waals surface area contributed by atoms with Crippen molar-refractivity contribution in [3.8, 4) is 34.6 Å². The highest BCUT2D eigenvalue weighted by Gasteiger charge is 2.11. The maximum atomic E-state index is 9.77. The van der Waals surface area contributed by atoms with Crippen molar-refractivity contribution in [2.75, 3.05) is 14.2 Å². The molecule has 0 amide bonds. The molecular formula is C27H22N2O3S. The molecule has 3 aromatic carbocycles. The number of aromatic nitrogens is 1. The van der Waals surface area contributed by atoms with Crippen LogP contribution in [0.3, 0.4) is 0 Å². The Hall–Kier alpha value is -4.08. The Balaban J connectivity index is 1.55. The molecule has 5 nitrogen and oxygen atoms in total. The van der Waals surface area contributed by atoms with E-state index in [4.69, 9.17) is 14.2 Å². The van der Waals surface area contributed by atoms with Crippen LogP contribution in [0.5, 0.6) is 17.2 Å². The van der Waals surface area contributed by atoms with Gasteiger partial charge in [-0.25, -0.2) is 4.98 Å².